The van der Waals surface area contributed by atoms with E-state index in [2.05, 4.69) is 25.8 Å². The van der Waals surface area contributed by atoms with Crippen molar-refractivity contribution in [3.63, 3.8) is 0 Å². The van der Waals surface area contributed by atoms with Crippen molar-refractivity contribution >= 4 is 17.5 Å². The largest absolute Gasteiger partial charge is 0.321 e. The van der Waals surface area contributed by atoms with Crippen LogP contribution in [0.3, 0.4) is 0 Å². The molecule has 0 fully saturated rings. The van der Waals surface area contributed by atoms with Gasteiger partial charge < -0.3 is 4.90 Å². The van der Waals surface area contributed by atoms with Gasteiger partial charge in [-0.15, -0.1) is 10.2 Å². The average Bonchev–Trinajstić information content (AvgIpc) is 3.33. The SMILES string of the molecule is O=C1Cn2nnnc2C2c3ccccc3-n3nnc(-c4ccccc4Cl)c3CN12. The Labute approximate surface area is 169 Å². The first-order valence-corrected chi connectivity index (χ1v) is 9.44. The Morgan fingerprint density at radius 2 is 1.79 bits per heavy atom. The lowest BCUT2D eigenvalue weighted by molar-refractivity contribution is -0.136. The molecule has 4 aromatic rings. The van der Waals surface area contributed by atoms with E-state index in [-0.39, 0.29) is 12.5 Å². The molecule has 2 aromatic heterocycles. The summed E-state index contributed by atoms with van der Waals surface area (Å²) in [6, 6.07) is 14.9. The monoisotopic (exact) mass is 404 g/mol. The highest BCUT2D eigenvalue weighted by molar-refractivity contribution is 6.33. The number of aromatic nitrogens is 7. The zero-order valence-electron chi connectivity index (χ0n) is 15.0. The number of nitrogens with zero attached hydrogens (tertiary/aromatic N) is 8. The lowest BCUT2D eigenvalue weighted by atomic mass is 10.0. The highest BCUT2D eigenvalue weighted by Gasteiger charge is 2.41. The van der Waals surface area contributed by atoms with Crippen molar-refractivity contribution in [2.45, 2.75) is 19.1 Å². The van der Waals surface area contributed by atoms with Crippen LogP contribution in [0.1, 0.15) is 23.1 Å². The van der Waals surface area contributed by atoms with Crippen LogP contribution in [0.2, 0.25) is 5.02 Å². The van der Waals surface area contributed by atoms with Gasteiger partial charge in [-0.2, -0.15) is 0 Å². The van der Waals surface area contributed by atoms with Gasteiger partial charge in [0.2, 0.25) is 5.91 Å². The molecule has 0 N–H and O–H groups in total. The van der Waals surface area contributed by atoms with Gasteiger partial charge in [0.1, 0.15) is 18.3 Å². The molecule has 29 heavy (non-hydrogen) atoms. The van der Waals surface area contributed by atoms with Crippen LogP contribution in [-0.2, 0) is 17.9 Å². The summed E-state index contributed by atoms with van der Waals surface area (Å²) in [6.07, 6.45) is 0. The molecule has 2 aromatic carbocycles. The van der Waals surface area contributed by atoms with E-state index in [0.717, 1.165) is 22.5 Å². The third-order valence-corrected chi connectivity index (χ3v) is 5.72. The molecule has 6 rings (SSSR count). The second kappa shape index (κ2) is 5.95. The average molecular weight is 405 g/mol. The fraction of sp³-hybridized carbons (Fsp3) is 0.158. The molecule has 2 aliphatic rings. The van der Waals surface area contributed by atoms with Crippen molar-refractivity contribution in [1.82, 2.24) is 40.1 Å². The number of benzene rings is 2. The Hall–Kier alpha value is -3.59. The summed E-state index contributed by atoms with van der Waals surface area (Å²) in [6.45, 7) is 0.419. The third kappa shape index (κ3) is 2.27. The van der Waals surface area contributed by atoms with Gasteiger partial charge in [0, 0.05) is 11.1 Å². The van der Waals surface area contributed by atoms with Crippen LogP contribution in [0, 0.1) is 0 Å². The topological polar surface area (TPSA) is 94.6 Å². The predicted octanol–water partition coefficient (Wildman–Crippen LogP) is 2.02. The Kier molecular flexibility index (Phi) is 3.36. The van der Waals surface area contributed by atoms with Gasteiger partial charge in [0.15, 0.2) is 5.82 Å². The van der Waals surface area contributed by atoms with Crippen LogP contribution in [0.4, 0.5) is 0 Å². The van der Waals surface area contributed by atoms with E-state index in [1.807, 2.05) is 48.5 Å². The standard InChI is InChI=1S/C19H13ClN8O/c20-13-7-3-1-5-11(13)17-15-9-26-16(29)10-27-19(22-23-25-27)18(26)12-6-2-4-8-14(12)28(15)24-21-17/h1-8,18H,9-10H2. The Morgan fingerprint density at radius 3 is 2.69 bits per heavy atom. The molecule has 1 atom stereocenters. The van der Waals surface area contributed by atoms with Crippen molar-refractivity contribution in [3.05, 3.63) is 70.6 Å². The van der Waals surface area contributed by atoms with Gasteiger partial charge in [-0.25, -0.2) is 9.36 Å². The zero-order chi connectivity index (χ0) is 19.5. The van der Waals surface area contributed by atoms with E-state index in [4.69, 9.17) is 11.6 Å². The minimum atomic E-state index is -0.400. The molecule has 0 bridgehead atoms. The maximum atomic E-state index is 13.0. The maximum Gasteiger partial charge on any atom is 0.245 e. The summed E-state index contributed by atoms with van der Waals surface area (Å²) in [7, 11) is 0. The molecular weight excluding hydrogens is 392 g/mol. The number of rotatable bonds is 1. The maximum absolute atomic E-state index is 13.0. The molecule has 0 radical (unpaired) electrons. The van der Waals surface area contributed by atoms with E-state index in [1.54, 1.807) is 14.3 Å². The number of carbonyl (C=O) groups is 1. The summed E-state index contributed by atoms with van der Waals surface area (Å²) >= 11 is 6.43. The van der Waals surface area contributed by atoms with E-state index in [1.165, 1.54) is 0 Å². The van der Waals surface area contributed by atoms with Gasteiger partial charge in [-0.1, -0.05) is 53.2 Å². The van der Waals surface area contributed by atoms with Crippen molar-refractivity contribution in [2.75, 3.05) is 0 Å². The summed E-state index contributed by atoms with van der Waals surface area (Å²) in [4.78, 5) is 14.8. The first-order valence-electron chi connectivity index (χ1n) is 9.06. The number of tetrazole rings is 1. The predicted molar refractivity (Wildman–Crippen MR) is 102 cm³/mol. The smallest absolute Gasteiger partial charge is 0.245 e. The molecule has 9 nitrogen and oxygen atoms in total. The zero-order valence-corrected chi connectivity index (χ0v) is 15.7. The minimum absolute atomic E-state index is 0.0654. The highest BCUT2D eigenvalue weighted by Crippen LogP contribution is 2.40. The molecule has 2 aliphatic heterocycles. The molecule has 0 saturated heterocycles. The van der Waals surface area contributed by atoms with Crippen molar-refractivity contribution in [3.8, 4) is 16.9 Å². The van der Waals surface area contributed by atoms with E-state index < -0.39 is 6.04 Å². The van der Waals surface area contributed by atoms with E-state index >= 15 is 0 Å². The number of hydrogen-bond donors (Lipinski definition) is 0. The number of carbonyl (C=O) groups excluding carboxylic acids is 1. The lowest BCUT2D eigenvalue weighted by Crippen LogP contribution is -2.43. The van der Waals surface area contributed by atoms with Crippen LogP contribution >= 0.6 is 11.6 Å². The molecule has 0 saturated carbocycles. The Bertz CT molecular complexity index is 1280. The number of halogens is 1. The molecule has 10 heteroatoms. The first kappa shape index (κ1) is 16.4. The van der Waals surface area contributed by atoms with E-state index in [0.29, 0.717) is 23.1 Å². The van der Waals surface area contributed by atoms with Crippen LogP contribution in [0.5, 0.6) is 0 Å². The normalized spacial score (nSPS) is 17.2. The van der Waals surface area contributed by atoms with Crippen molar-refractivity contribution < 1.29 is 4.79 Å². The molecule has 4 heterocycles. The molecule has 142 valence electrons. The molecule has 0 aliphatic carbocycles. The Morgan fingerprint density at radius 1 is 0.966 bits per heavy atom. The number of para-hydroxylation sites is 1. The first-order chi connectivity index (χ1) is 14.2. The summed E-state index contributed by atoms with van der Waals surface area (Å²) in [5.74, 6) is 0.569. The summed E-state index contributed by atoms with van der Waals surface area (Å²) in [5.41, 5.74) is 3.96. The molecular formula is C19H13ClN8O. The second-order valence-corrected chi connectivity index (χ2v) is 7.36. The minimum Gasteiger partial charge on any atom is -0.321 e. The van der Waals surface area contributed by atoms with Crippen LogP contribution < -0.4 is 0 Å². The summed E-state index contributed by atoms with van der Waals surface area (Å²) in [5, 5.41) is 21.4. The second-order valence-electron chi connectivity index (χ2n) is 6.95. The van der Waals surface area contributed by atoms with E-state index in [9.17, 15) is 4.79 Å². The van der Waals surface area contributed by atoms with Gasteiger partial charge in [-0.3, -0.25) is 4.79 Å². The van der Waals surface area contributed by atoms with Gasteiger partial charge >= 0.3 is 0 Å². The third-order valence-electron chi connectivity index (χ3n) is 5.39. The van der Waals surface area contributed by atoms with Gasteiger partial charge in [-0.05, 0) is 22.6 Å². The fourth-order valence-corrected chi connectivity index (χ4v) is 4.31. The van der Waals surface area contributed by atoms with Gasteiger partial charge in [0.05, 0.1) is 22.9 Å². The van der Waals surface area contributed by atoms with Crippen LogP contribution in [0.25, 0.3) is 16.9 Å². The molecule has 0 spiro atoms. The van der Waals surface area contributed by atoms with Gasteiger partial charge in [0.25, 0.3) is 0 Å². The quantitative estimate of drug-likeness (QED) is 0.481. The lowest BCUT2D eigenvalue weighted by Gasteiger charge is -2.33. The number of fused-ring (bicyclic) bond motifs is 7. The summed E-state index contributed by atoms with van der Waals surface area (Å²) < 4.78 is 3.34. The number of hydrogen-bond acceptors (Lipinski definition) is 6. The van der Waals surface area contributed by atoms with Crippen molar-refractivity contribution in [1.29, 1.82) is 0 Å². The number of amides is 1. The Balaban J connectivity index is 1.62. The van der Waals surface area contributed by atoms with Crippen LogP contribution in [-0.4, -0.2) is 46.0 Å². The molecule has 1 unspecified atom stereocenters. The molecule has 1 amide bonds. The highest BCUT2D eigenvalue weighted by atomic mass is 35.5. The fourth-order valence-electron chi connectivity index (χ4n) is 4.08. The van der Waals surface area contributed by atoms with Crippen LogP contribution in [0.15, 0.2) is 48.5 Å². The van der Waals surface area contributed by atoms with Crippen molar-refractivity contribution in [2.24, 2.45) is 0 Å².